The summed E-state index contributed by atoms with van der Waals surface area (Å²) in [6.07, 6.45) is 5.10. The van der Waals surface area contributed by atoms with Crippen molar-refractivity contribution in [3.05, 3.63) is 84.9 Å². The summed E-state index contributed by atoms with van der Waals surface area (Å²) < 4.78 is 6.92. The second-order valence-electron chi connectivity index (χ2n) is 11.2. The van der Waals surface area contributed by atoms with E-state index in [9.17, 15) is 19.5 Å². The number of anilines is 2. The number of fused-ring (bicyclic) bond motifs is 1. The van der Waals surface area contributed by atoms with Crippen LogP contribution in [-0.2, 0) is 19.1 Å². The Kier molecular flexibility index (Phi) is 8.60. The van der Waals surface area contributed by atoms with Gasteiger partial charge in [-0.1, -0.05) is 61.0 Å². The van der Waals surface area contributed by atoms with Crippen molar-refractivity contribution in [2.75, 3.05) is 36.0 Å². The molecule has 5 rings (SSSR count). The maximum Gasteiger partial charge on any atom is 0.253 e. The summed E-state index contributed by atoms with van der Waals surface area (Å²) in [6.45, 7) is 10.1. The molecule has 3 amide bonds. The number of rotatable bonds is 12. The van der Waals surface area contributed by atoms with Crippen molar-refractivity contribution < 1.29 is 24.2 Å². The lowest BCUT2D eigenvalue weighted by atomic mass is 9.64. The van der Waals surface area contributed by atoms with Gasteiger partial charge in [0.25, 0.3) is 5.91 Å². The van der Waals surface area contributed by atoms with Gasteiger partial charge in [-0.3, -0.25) is 14.4 Å². The zero-order valence-electron chi connectivity index (χ0n) is 24.0. The molecule has 1 spiro atoms. The Morgan fingerprint density at radius 2 is 1.71 bits per heavy atom. The molecule has 222 valence electrons. The van der Waals surface area contributed by atoms with E-state index in [2.05, 4.69) is 13.2 Å². The minimum absolute atomic E-state index is 0.146. The highest BCUT2D eigenvalue weighted by atomic mass is 35.5. The molecule has 3 heterocycles. The number of amides is 3. The van der Waals surface area contributed by atoms with Crippen LogP contribution in [0.25, 0.3) is 0 Å². The summed E-state index contributed by atoms with van der Waals surface area (Å²) >= 11 is 6.54. The van der Waals surface area contributed by atoms with E-state index < -0.39 is 29.1 Å². The first-order valence-corrected chi connectivity index (χ1v) is 14.9. The molecule has 2 aromatic carbocycles. The Labute approximate surface area is 252 Å². The van der Waals surface area contributed by atoms with Gasteiger partial charge in [0.2, 0.25) is 11.8 Å². The summed E-state index contributed by atoms with van der Waals surface area (Å²) in [4.78, 5) is 48.3. The van der Waals surface area contributed by atoms with Crippen LogP contribution >= 0.6 is 11.6 Å². The number of para-hydroxylation sites is 2. The molecule has 3 fully saturated rings. The van der Waals surface area contributed by atoms with Gasteiger partial charge in [0.05, 0.1) is 28.1 Å². The zero-order chi connectivity index (χ0) is 30.1. The molecule has 0 aliphatic carbocycles. The molecule has 0 radical (unpaired) electrons. The van der Waals surface area contributed by atoms with E-state index in [1.165, 1.54) is 9.80 Å². The van der Waals surface area contributed by atoms with Crippen molar-refractivity contribution in [1.82, 2.24) is 4.90 Å². The van der Waals surface area contributed by atoms with Gasteiger partial charge in [-0.2, -0.15) is 0 Å². The molecule has 2 unspecified atom stereocenters. The quantitative estimate of drug-likeness (QED) is 0.364. The number of hydrogen-bond acceptors (Lipinski definition) is 5. The summed E-state index contributed by atoms with van der Waals surface area (Å²) in [6, 6.07) is 15.4. The Hall–Kier alpha value is -3.46. The predicted octanol–water partition coefficient (Wildman–Crippen LogP) is 4.62. The van der Waals surface area contributed by atoms with Crippen molar-refractivity contribution in [2.24, 2.45) is 11.8 Å². The summed E-state index contributed by atoms with van der Waals surface area (Å²) in [5.74, 6) is -2.49. The molecule has 8 nitrogen and oxygen atoms in total. The summed E-state index contributed by atoms with van der Waals surface area (Å²) in [5.41, 5.74) is -0.875. The van der Waals surface area contributed by atoms with E-state index in [0.29, 0.717) is 35.7 Å². The highest BCUT2D eigenvalue weighted by Gasteiger charge is 2.79. The number of ether oxygens (including phenoxy) is 1. The Balaban J connectivity index is 1.62. The minimum Gasteiger partial charge on any atom is -0.396 e. The molecule has 3 aliphatic heterocycles. The van der Waals surface area contributed by atoms with Gasteiger partial charge >= 0.3 is 0 Å². The highest BCUT2D eigenvalue weighted by Crippen LogP contribution is 2.64. The smallest absolute Gasteiger partial charge is 0.253 e. The van der Waals surface area contributed by atoms with Crippen LogP contribution in [0.3, 0.4) is 0 Å². The lowest BCUT2D eigenvalue weighted by Crippen LogP contribution is -2.56. The average Bonchev–Trinajstić information content (AvgIpc) is 3.61. The molecule has 5 atom stereocenters. The van der Waals surface area contributed by atoms with Crippen molar-refractivity contribution >= 4 is 40.7 Å². The van der Waals surface area contributed by atoms with Crippen molar-refractivity contribution in [1.29, 1.82) is 0 Å². The van der Waals surface area contributed by atoms with Gasteiger partial charge in [0.1, 0.15) is 11.6 Å². The first kappa shape index (κ1) is 30.0. The second-order valence-corrected chi connectivity index (χ2v) is 11.6. The van der Waals surface area contributed by atoms with Crippen LogP contribution in [0, 0.1) is 11.8 Å². The maximum atomic E-state index is 14.6. The number of benzene rings is 2. The third-order valence-electron chi connectivity index (χ3n) is 9.10. The number of aliphatic hydroxyl groups is 1. The van der Waals surface area contributed by atoms with Crippen LogP contribution in [0.5, 0.6) is 0 Å². The van der Waals surface area contributed by atoms with E-state index in [-0.39, 0.29) is 50.4 Å². The summed E-state index contributed by atoms with van der Waals surface area (Å²) in [7, 11) is 0. The van der Waals surface area contributed by atoms with Crippen molar-refractivity contribution in [3.8, 4) is 0 Å². The molecule has 3 saturated heterocycles. The van der Waals surface area contributed by atoms with E-state index in [4.69, 9.17) is 16.3 Å². The topological polar surface area (TPSA) is 90.4 Å². The van der Waals surface area contributed by atoms with Gasteiger partial charge in [-0.15, -0.1) is 13.2 Å². The summed E-state index contributed by atoms with van der Waals surface area (Å²) in [5, 5.41) is 10.1. The van der Waals surface area contributed by atoms with Gasteiger partial charge in [0.15, 0.2) is 0 Å². The lowest BCUT2D eigenvalue weighted by Gasteiger charge is -2.37. The van der Waals surface area contributed by atoms with Crippen LogP contribution in [-0.4, -0.2) is 71.2 Å². The van der Waals surface area contributed by atoms with Crippen LogP contribution in [0.1, 0.15) is 32.6 Å². The van der Waals surface area contributed by atoms with E-state index in [1.807, 2.05) is 37.3 Å². The van der Waals surface area contributed by atoms with Crippen LogP contribution in [0.15, 0.2) is 79.9 Å². The van der Waals surface area contributed by atoms with E-state index >= 15 is 0 Å². The Bertz CT molecular complexity index is 1370. The van der Waals surface area contributed by atoms with Gasteiger partial charge in [-0.05, 0) is 49.9 Å². The lowest BCUT2D eigenvalue weighted by molar-refractivity contribution is -0.146. The third kappa shape index (κ3) is 4.66. The highest BCUT2D eigenvalue weighted by molar-refractivity contribution is 6.34. The molecule has 42 heavy (non-hydrogen) atoms. The number of hydrogen-bond donors (Lipinski definition) is 1. The average molecular weight is 592 g/mol. The van der Waals surface area contributed by atoms with E-state index in [0.717, 1.165) is 0 Å². The Morgan fingerprint density at radius 3 is 2.36 bits per heavy atom. The van der Waals surface area contributed by atoms with Crippen molar-refractivity contribution in [2.45, 2.75) is 49.9 Å². The maximum absolute atomic E-state index is 14.6. The van der Waals surface area contributed by atoms with Gasteiger partial charge in [-0.25, -0.2) is 0 Å². The number of halogens is 1. The zero-order valence-corrected chi connectivity index (χ0v) is 24.7. The number of carbonyl (C=O) groups excluding carboxylic acids is 3. The molecule has 2 bridgehead atoms. The Morgan fingerprint density at radius 1 is 1.05 bits per heavy atom. The monoisotopic (exact) mass is 591 g/mol. The predicted molar refractivity (Wildman–Crippen MR) is 163 cm³/mol. The second kappa shape index (κ2) is 12.0. The van der Waals surface area contributed by atoms with E-state index in [1.54, 1.807) is 41.3 Å². The largest absolute Gasteiger partial charge is 0.396 e. The standard InChI is InChI=1S/C33H38ClN3O5/c1-4-19-35(23-13-8-7-9-14-23)29(39)26-27-30(40)37(21-12-22-38)28(33(27)18-17-32(26,6-3)42-33)31(41)36(20-5-2)25-16-11-10-15-24(25)34/h4-5,7-11,13-16,26-28,38H,1-2,6,12,17-22H2,3H3/t26-,27+,28?,32+,33?/m1/s1. The third-order valence-corrected chi connectivity index (χ3v) is 9.42. The van der Waals surface area contributed by atoms with Crippen LogP contribution in [0.2, 0.25) is 5.02 Å². The molecule has 0 saturated carbocycles. The molecule has 3 aliphatic rings. The first-order valence-electron chi connectivity index (χ1n) is 14.6. The molecule has 9 heteroatoms. The normalized spacial score (nSPS) is 27.5. The number of carbonyl (C=O) groups is 3. The van der Waals surface area contributed by atoms with Crippen molar-refractivity contribution in [3.63, 3.8) is 0 Å². The molecule has 1 N–H and O–H groups in total. The van der Waals surface area contributed by atoms with Crippen LogP contribution < -0.4 is 9.80 Å². The van der Waals surface area contributed by atoms with Gasteiger partial charge < -0.3 is 24.5 Å². The SMILES string of the molecule is C=CCN(C(=O)[C@H]1[C@H]2C(=O)N(CCCO)C(C(=O)N(CC=C)c3ccccc3Cl)C23CC[C@]1(CC)O3)c1ccccc1. The first-order chi connectivity index (χ1) is 20.3. The molecule has 0 aromatic heterocycles. The number of likely N-dealkylation sites (tertiary alicyclic amines) is 1. The fraction of sp³-hybridized carbons (Fsp3) is 0.424. The van der Waals surface area contributed by atoms with Gasteiger partial charge in [0, 0.05) is 31.9 Å². The molecular weight excluding hydrogens is 554 g/mol. The molecule has 2 aromatic rings. The fourth-order valence-electron chi connectivity index (χ4n) is 7.34. The van der Waals surface area contributed by atoms with Crippen LogP contribution in [0.4, 0.5) is 11.4 Å². The fourth-order valence-corrected chi connectivity index (χ4v) is 7.57. The number of nitrogens with zero attached hydrogens (tertiary/aromatic N) is 3. The minimum atomic E-state index is -1.20. The molecular formula is C33H38ClN3O5. The number of aliphatic hydroxyl groups excluding tert-OH is 1.